The van der Waals surface area contributed by atoms with E-state index in [0.29, 0.717) is 17.0 Å². The minimum atomic E-state index is -1.35. The first-order valence-electron chi connectivity index (χ1n) is 5.90. The molecule has 0 heterocycles. The van der Waals surface area contributed by atoms with Crippen LogP contribution in [0, 0.1) is 0 Å². The molecule has 2 unspecified atom stereocenters. The monoisotopic (exact) mass is 296 g/mol. The number of carboxylic acid groups (broad SMARTS) is 1. The topological polar surface area (TPSA) is 113 Å². The molecule has 0 aliphatic rings. The highest BCUT2D eigenvalue weighted by Gasteiger charge is 2.25. The van der Waals surface area contributed by atoms with Crippen molar-refractivity contribution >= 4 is 29.1 Å². The van der Waals surface area contributed by atoms with Crippen LogP contribution in [0.5, 0.6) is 0 Å². The molecule has 0 aliphatic heterocycles. The summed E-state index contributed by atoms with van der Waals surface area (Å²) in [6.45, 7) is 1.30. The summed E-state index contributed by atoms with van der Waals surface area (Å²) in [6, 6.07) is 5.12. The maximum absolute atomic E-state index is 11.9. The van der Waals surface area contributed by atoms with Gasteiger partial charge >= 0.3 is 5.97 Å². The van der Waals surface area contributed by atoms with Crippen molar-refractivity contribution in [3.8, 4) is 0 Å². The number of carboxylic acids is 1. The van der Waals surface area contributed by atoms with Gasteiger partial charge in [0, 0.05) is 12.0 Å². The number of carbonyl (C=O) groups is 2. The van der Waals surface area contributed by atoms with Crippen LogP contribution < -0.4 is 11.1 Å². The number of hydrogen-bond acceptors (Lipinski definition) is 4. The van der Waals surface area contributed by atoms with Crippen LogP contribution in [-0.4, -0.2) is 39.2 Å². The molecule has 0 saturated heterocycles. The van der Waals surface area contributed by atoms with E-state index in [4.69, 9.17) is 23.1 Å². The Bertz CT molecular complexity index is 514. The Balaban J connectivity index is 2.77. The van der Waals surface area contributed by atoms with E-state index in [1.54, 1.807) is 24.3 Å². The van der Waals surface area contributed by atoms with Crippen LogP contribution in [-0.2, 0) is 11.2 Å². The quantitative estimate of drug-likeness (QED) is 0.553. The molecule has 20 heavy (non-hydrogen) atoms. The number of hydrogen-bond donors (Lipinski definition) is 4. The Morgan fingerprint density at radius 1 is 1.35 bits per heavy atom. The van der Waals surface area contributed by atoms with Gasteiger partial charge in [0.2, 0.25) is 0 Å². The van der Waals surface area contributed by atoms with Crippen molar-refractivity contribution in [2.75, 3.05) is 0 Å². The Morgan fingerprint density at radius 3 is 2.30 bits per heavy atom. The van der Waals surface area contributed by atoms with Crippen LogP contribution in [0.4, 0.5) is 0 Å². The normalized spacial score (nSPS) is 13.3. The molecule has 0 bridgehead atoms. The first-order valence-corrected chi connectivity index (χ1v) is 6.31. The Labute approximate surface area is 121 Å². The smallest absolute Gasteiger partial charge is 0.328 e. The molecular formula is C13H16N2O4S. The van der Waals surface area contributed by atoms with E-state index in [1.807, 2.05) is 0 Å². The average molecular weight is 296 g/mol. The summed E-state index contributed by atoms with van der Waals surface area (Å²) in [6.07, 6.45) is -0.756. The predicted molar refractivity (Wildman–Crippen MR) is 77.5 cm³/mol. The molecule has 1 amide bonds. The number of rotatable bonds is 6. The second-order valence-corrected chi connectivity index (χ2v) is 4.89. The summed E-state index contributed by atoms with van der Waals surface area (Å²) in [7, 11) is 0. The van der Waals surface area contributed by atoms with Crippen LogP contribution in [0.15, 0.2) is 24.3 Å². The van der Waals surface area contributed by atoms with E-state index in [9.17, 15) is 14.7 Å². The maximum Gasteiger partial charge on any atom is 0.328 e. The molecule has 0 radical (unpaired) electrons. The molecule has 2 atom stereocenters. The molecule has 0 spiro atoms. The number of amides is 1. The number of benzene rings is 1. The number of nitrogens with two attached hydrogens (primary N) is 1. The van der Waals surface area contributed by atoms with Crippen LogP contribution >= 0.6 is 12.2 Å². The lowest BCUT2D eigenvalue weighted by Crippen LogP contribution is -2.47. The third-order valence-corrected chi connectivity index (χ3v) is 2.77. The van der Waals surface area contributed by atoms with Crippen LogP contribution in [0.25, 0.3) is 0 Å². The van der Waals surface area contributed by atoms with E-state index in [2.05, 4.69) is 5.32 Å². The largest absolute Gasteiger partial charge is 0.480 e. The second kappa shape index (κ2) is 6.97. The summed E-state index contributed by atoms with van der Waals surface area (Å²) in [4.78, 5) is 23.1. The molecule has 1 aromatic rings. The summed E-state index contributed by atoms with van der Waals surface area (Å²) in [5, 5.41) is 20.4. The van der Waals surface area contributed by atoms with Gasteiger partial charge in [-0.25, -0.2) is 4.79 Å². The van der Waals surface area contributed by atoms with Gasteiger partial charge in [-0.3, -0.25) is 4.79 Å². The molecule has 5 N–H and O–H groups in total. The number of nitrogens with one attached hydrogen (secondary N) is 1. The number of aliphatic hydroxyl groups is 1. The van der Waals surface area contributed by atoms with E-state index in [-0.39, 0.29) is 0 Å². The van der Waals surface area contributed by atoms with E-state index >= 15 is 0 Å². The van der Waals surface area contributed by atoms with Gasteiger partial charge in [0.05, 0.1) is 11.1 Å². The zero-order valence-corrected chi connectivity index (χ0v) is 11.7. The van der Waals surface area contributed by atoms with E-state index < -0.39 is 24.0 Å². The zero-order valence-electron chi connectivity index (χ0n) is 10.9. The molecule has 7 heteroatoms. The zero-order chi connectivity index (χ0) is 15.3. The van der Waals surface area contributed by atoms with Crippen molar-refractivity contribution in [1.29, 1.82) is 0 Å². The number of thiocarbonyl (C=S) groups is 1. The van der Waals surface area contributed by atoms with Crippen molar-refractivity contribution in [2.45, 2.75) is 25.5 Å². The van der Waals surface area contributed by atoms with Crippen molar-refractivity contribution in [2.24, 2.45) is 5.73 Å². The van der Waals surface area contributed by atoms with Gasteiger partial charge in [0.1, 0.15) is 0 Å². The minimum Gasteiger partial charge on any atom is -0.480 e. The number of aliphatic carboxylic acids is 1. The van der Waals surface area contributed by atoms with Crippen molar-refractivity contribution in [3.05, 3.63) is 35.4 Å². The lowest BCUT2D eigenvalue weighted by atomic mass is 10.1. The second-order valence-electron chi connectivity index (χ2n) is 4.37. The average Bonchev–Trinajstić information content (AvgIpc) is 2.35. The molecule has 0 aliphatic carbocycles. The Kier molecular flexibility index (Phi) is 5.60. The molecular weight excluding hydrogens is 280 g/mol. The van der Waals surface area contributed by atoms with Gasteiger partial charge in [-0.05, 0) is 24.6 Å². The predicted octanol–water partition coefficient (Wildman–Crippen LogP) is 0.0790. The molecule has 6 nitrogen and oxygen atoms in total. The summed E-state index contributed by atoms with van der Waals surface area (Å²) in [5.74, 6) is -1.86. The van der Waals surface area contributed by atoms with Gasteiger partial charge in [-0.2, -0.15) is 0 Å². The number of carbonyl (C=O) groups excluding carboxylic acids is 1. The van der Waals surface area contributed by atoms with E-state index in [0.717, 1.165) is 5.56 Å². The molecule has 0 aromatic heterocycles. The van der Waals surface area contributed by atoms with Crippen molar-refractivity contribution < 1.29 is 19.8 Å². The highest BCUT2D eigenvalue weighted by Crippen LogP contribution is 2.06. The van der Waals surface area contributed by atoms with Crippen molar-refractivity contribution in [1.82, 2.24) is 5.32 Å². The number of aliphatic hydroxyl groups excluding tert-OH is 1. The lowest BCUT2D eigenvalue weighted by Gasteiger charge is -2.17. The van der Waals surface area contributed by atoms with Crippen molar-refractivity contribution in [3.63, 3.8) is 0 Å². The van der Waals surface area contributed by atoms with Crippen LogP contribution in [0.3, 0.4) is 0 Å². The molecule has 1 aromatic carbocycles. The molecule has 0 fully saturated rings. The fourth-order valence-electron chi connectivity index (χ4n) is 1.59. The summed E-state index contributed by atoms with van der Waals surface area (Å²) >= 11 is 4.78. The Morgan fingerprint density at radius 2 is 1.90 bits per heavy atom. The van der Waals surface area contributed by atoms with E-state index in [1.165, 1.54) is 6.92 Å². The third-order valence-electron chi connectivity index (χ3n) is 2.63. The van der Waals surface area contributed by atoms with Gasteiger partial charge in [-0.15, -0.1) is 0 Å². The highest BCUT2D eigenvalue weighted by atomic mass is 32.1. The maximum atomic E-state index is 11.9. The first-order chi connectivity index (χ1) is 9.31. The van der Waals surface area contributed by atoms with Gasteiger partial charge < -0.3 is 21.3 Å². The summed E-state index contributed by atoms with van der Waals surface area (Å²) < 4.78 is 0. The van der Waals surface area contributed by atoms with Crippen LogP contribution in [0.1, 0.15) is 22.8 Å². The van der Waals surface area contributed by atoms with Crippen LogP contribution in [0.2, 0.25) is 0 Å². The fraction of sp³-hybridized carbons (Fsp3) is 0.308. The van der Waals surface area contributed by atoms with Gasteiger partial charge in [0.15, 0.2) is 6.04 Å². The third kappa shape index (κ3) is 4.60. The molecule has 108 valence electrons. The van der Waals surface area contributed by atoms with Gasteiger partial charge in [-0.1, -0.05) is 24.4 Å². The Hall–Kier alpha value is -1.99. The fourth-order valence-corrected chi connectivity index (χ4v) is 1.76. The minimum absolute atomic E-state index is 0.295. The summed E-state index contributed by atoms with van der Waals surface area (Å²) in [5.41, 5.74) is 6.57. The SMILES string of the molecule is CC(O)C(NC(=O)c1ccc(CC(N)=S)cc1)C(=O)O. The first kappa shape index (κ1) is 16.1. The molecule has 0 saturated carbocycles. The highest BCUT2D eigenvalue weighted by molar-refractivity contribution is 7.80. The van der Waals surface area contributed by atoms with Gasteiger partial charge in [0.25, 0.3) is 5.91 Å². The molecule has 1 rings (SSSR count). The lowest BCUT2D eigenvalue weighted by molar-refractivity contribution is -0.141. The standard InChI is InChI=1S/C13H16N2O4S/c1-7(16)11(13(18)19)15-12(17)9-4-2-8(3-5-9)6-10(14)20/h2-5,7,11,16H,6H2,1H3,(H2,14,20)(H,15,17)(H,18,19).